The third-order valence-electron chi connectivity index (χ3n) is 6.16. The number of aromatic nitrogens is 4. The van der Waals surface area contributed by atoms with Crippen LogP contribution in [0.1, 0.15) is 44.7 Å². The Morgan fingerprint density at radius 1 is 1.20 bits per heavy atom. The molecule has 2 fully saturated rings. The average Bonchev–Trinajstić information content (AvgIpc) is 3.48. The zero-order valence-corrected chi connectivity index (χ0v) is 18.2. The van der Waals surface area contributed by atoms with Crippen LogP contribution in [-0.2, 0) is 11.3 Å². The number of aryl methyl sites for hydroxylation is 2. The molecule has 1 atom stereocenters. The summed E-state index contributed by atoms with van der Waals surface area (Å²) >= 11 is 1.42. The van der Waals surface area contributed by atoms with Gasteiger partial charge >= 0.3 is 0 Å². The molecule has 0 bridgehead atoms. The molecule has 2 saturated heterocycles. The third-order valence-corrected chi connectivity index (χ3v) is 7.08. The molecule has 0 radical (unpaired) electrons. The minimum atomic E-state index is 0.0902. The summed E-state index contributed by atoms with van der Waals surface area (Å²) < 4.78 is 7.47. The number of hydrogen-bond donors (Lipinski definition) is 0. The average molecular weight is 427 g/mol. The van der Waals surface area contributed by atoms with Crippen molar-refractivity contribution in [1.82, 2.24) is 29.4 Å². The zero-order valence-electron chi connectivity index (χ0n) is 17.4. The van der Waals surface area contributed by atoms with Crippen molar-refractivity contribution in [2.45, 2.75) is 32.7 Å². The second-order valence-corrected chi connectivity index (χ2v) is 8.92. The molecule has 3 aromatic heterocycles. The third kappa shape index (κ3) is 3.51. The lowest BCUT2D eigenvalue weighted by atomic mass is 10.0. The van der Waals surface area contributed by atoms with Crippen LogP contribution in [0.3, 0.4) is 0 Å². The Labute approximate surface area is 179 Å². The van der Waals surface area contributed by atoms with Gasteiger partial charge in [-0.25, -0.2) is 14.5 Å². The fourth-order valence-corrected chi connectivity index (χ4v) is 5.20. The minimum Gasteiger partial charge on any atom is -0.379 e. The molecule has 0 spiro atoms. The Morgan fingerprint density at radius 2 is 2.03 bits per heavy atom. The topological polar surface area (TPSA) is 75.9 Å². The van der Waals surface area contributed by atoms with E-state index in [2.05, 4.69) is 27.9 Å². The van der Waals surface area contributed by atoms with Gasteiger partial charge in [0.15, 0.2) is 5.65 Å². The number of thiazole rings is 1. The Kier molecular flexibility index (Phi) is 5.26. The number of nitrogens with zero attached hydrogens (tertiary/aromatic N) is 6. The molecule has 0 saturated carbocycles. The summed E-state index contributed by atoms with van der Waals surface area (Å²) in [5.74, 6) is 0.343. The molecule has 30 heavy (non-hydrogen) atoms. The van der Waals surface area contributed by atoms with Crippen LogP contribution in [0.25, 0.3) is 5.65 Å². The maximum Gasteiger partial charge on any atom is 0.265 e. The fraction of sp³-hybridized carbons (Fsp3) is 0.524. The van der Waals surface area contributed by atoms with Gasteiger partial charge in [-0.3, -0.25) is 9.69 Å². The molecule has 2 aliphatic heterocycles. The smallest absolute Gasteiger partial charge is 0.265 e. The summed E-state index contributed by atoms with van der Waals surface area (Å²) in [6.07, 6.45) is 2.81. The molecule has 5 heterocycles. The molecule has 1 unspecified atom stereocenters. The molecule has 9 heteroatoms. The Bertz CT molecular complexity index is 1070. The van der Waals surface area contributed by atoms with Gasteiger partial charge in [0.1, 0.15) is 4.88 Å². The largest absolute Gasteiger partial charge is 0.379 e. The molecule has 158 valence electrons. The van der Waals surface area contributed by atoms with Gasteiger partial charge in [0.2, 0.25) is 0 Å². The number of carbonyl (C=O) groups is 1. The zero-order chi connectivity index (χ0) is 20.7. The minimum absolute atomic E-state index is 0.0902. The second-order valence-electron chi connectivity index (χ2n) is 8.06. The molecule has 2 aliphatic rings. The summed E-state index contributed by atoms with van der Waals surface area (Å²) in [6, 6.07) is 2.05. The lowest BCUT2D eigenvalue weighted by Gasteiger charge is -2.26. The Morgan fingerprint density at radius 3 is 2.80 bits per heavy atom. The van der Waals surface area contributed by atoms with Crippen molar-refractivity contribution in [2.75, 3.05) is 39.4 Å². The van der Waals surface area contributed by atoms with Crippen LogP contribution in [0.4, 0.5) is 0 Å². The lowest BCUT2D eigenvalue weighted by Crippen LogP contribution is -2.35. The van der Waals surface area contributed by atoms with Crippen LogP contribution in [0.15, 0.2) is 17.8 Å². The molecule has 0 N–H and O–H groups in total. The lowest BCUT2D eigenvalue weighted by molar-refractivity contribution is 0.0342. The molecule has 3 aromatic rings. The SMILES string of the molecule is Cc1ncsc1C(=O)N1CCC(c2ccnc3c(CN4CCOCC4)c(C)nn23)C1. The number of carbonyl (C=O) groups excluding carboxylic acids is 1. The van der Waals surface area contributed by atoms with Crippen LogP contribution < -0.4 is 0 Å². The van der Waals surface area contributed by atoms with E-state index in [1.165, 1.54) is 16.9 Å². The van der Waals surface area contributed by atoms with Crippen molar-refractivity contribution < 1.29 is 9.53 Å². The van der Waals surface area contributed by atoms with Crippen LogP contribution in [0, 0.1) is 13.8 Å². The van der Waals surface area contributed by atoms with Gasteiger partial charge in [-0.15, -0.1) is 11.3 Å². The molecule has 8 nitrogen and oxygen atoms in total. The molecular formula is C21H26N6O2S. The molecule has 0 aromatic carbocycles. The van der Waals surface area contributed by atoms with Gasteiger partial charge in [0, 0.05) is 50.4 Å². The van der Waals surface area contributed by atoms with Crippen LogP contribution in [0.2, 0.25) is 0 Å². The first kappa shape index (κ1) is 19.6. The summed E-state index contributed by atoms with van der Waals surface area (Å²) in [5, 5.41) is 4.84. The molecule has 0 aliphatic carbocycles. The quantitative estimate of drug-likeness (QED) is 0.637. The number of amides is 1. The summed E-state index contributed by atoms with van der Waals surface area (Å²) in [7, 11) is 0. The Hall–Kier alpha value is -2.36. The van der Waals surface area contributed by atoms with Crippen LogP contribution >= 0.6 is 11.3 Å². The highest BCUT2D eigenvalue weighted by Crippen LogP contribution is 2.30. The van der Waals surface area contributed by atoms with Gasteiger partial charge in [0.25, 0.3) is 5.91 Å². The number of rotatable bonds is 4. The summed E-state index contributed by atoms with van der Waals surface area (Å²) in [5.41, 5.74) is 6.82. The fourth-order valence-electron chi connectivity index (χ4n) is 4.43. The number of likely N-dealkylation sites (tertiary alicyclic amines) is 1. The Balaban J connectivity index is 1.39. The highest BCUT2D eigenvalue weighted by atomic mass is 32.1. The normalized spacial score (nSPS) is 20.3. The van der Waals surface area contributed by atoms with E-state index in [9.17, 15) is 4.79 Å². The van der Waals surface area contributed by atoms with Crippen molar-refractivity contribution in [3.63, 3.8) is 0 Å². The maximum atomic E-state index is 12.9. The van der Waals surface area contributed by atoms with E-state index in [1.54, 1.807) is 5.51 Å². The second kappa shape index (κ2) is 8.05. The highest BCUT2D eigenvalue weighted by molar-refractivity contribution is 7.11. The van der Waals surface area contributed by atoms with E-state index in [-0.39, 0.29) is 11.8 Å². The van der Waals surface area contributed by atoms with Gasteiger partial charge in [-0.05, 0) is 26.3 Å². The summed E-state index contributed by atoms with van der Waals surface area (Å²) in [4.78, 5) is 26.9. The maximum absolute atomic E-state index is 12.9. The predicted octanol–water partition coefficient (Wildman–Crippen LogP) is 2.26. The monoisotopic (exact) mass is 426 g/mol. The van der Waals surface area contributed by atoms with E-state index in [0.717, 1.165) is 73.4 Å². The van der Waals surface area contributed by atoms with E-state index in [4.69, 9.17) is 9.84 Å². The molecule has 1 amide bonds. The molecule has 5 rings (SSSR count). The van der Waals surface area contributed by atoms with E-state index in [0.29, 0.717) is 6.54 Å². The van der Waals surface area contributed by atoms with E-state index >= 15 is 0 Å². The standard InChI is InChI=1S/C21H26N6O2S/c1-14-17(12-25-7-9-29-10-8-25)20-22-5-3-18(27(20)24-14)16-4-6-26(11-16)21(28)19-15(2)23-13-30-19/h3,5,13,16H,4,6-12H2,1-2H3. The van der Waals surface area contributed by atoms with Crippen molar-refractivity contribution >= 4 is 22.9 Å². The van der Waals surface area contributed by atoms with Crippen molar-refractivity contribution in [3.8, 4) is 0 Å². The molecular weight excluding hydrogens is 400 g/mol. The van der Waals surface area contributed by atoms with E-state index in [1.807, 2.05) is 22.5 Å². The van der Waals surface area contributed by atoms with Gasteiger partial charge in [0.05, 0.1) is 35.8 Å². The predicted molar refractivity (Wildman–Crippen MR) is 114 cm³/mol. The highest BCUT2D eigenvalue weighted by Gasteiger charge is 2.31. The van der Waals surface area contributed by atoms with Crippen molar-refractivity contribution in [1.29, 1.82) is 0 Å². The van der Waals surface area contributed by atoms with Gasteiger partial charge < -0.3 is 9.64 Å². The van der Waals surface area contributed by atoms with Crippen molar-refractivity contribution in [2.24, 2.45) is 0 Å². The summed E-state index contributed by atoms with van der Waals surface area (Å²) in [6.45, 7) is 9.69. The van der Waals surface area contributed by atoms with Crippen molar-refractivity contribution in [3.05, 3.63) is 45.3 Å². The number of hydrogen-bond acceptors (Lipinski definition) is 7. The first-order valence-corrected chi connectivity index (χ1v) is 11.3. The number of morpholine rings is 1. The van der Waals surface area contributed by atoms with Crippen LogP contribution in [-0.4, -0.2) is 74.7 Å². The number of ether oxygens (including phenoxy) is 1. The first-order valence-electron chi connectivity index (χ1n) is 10.4. The van der Waals surface area contributed by atoms with Gasteiger partial charge in [-0.1, -0.05) is 0 Å². The van der Waals surface area contributed by atoms with Gasteiger partial charge in [-0.2, -0.15) is 5.10 Å². The van der Waals surface area contributed by atoms with E-state index < -0.39 is 0 Å². The first-order chi connectivity index (χ1) is 14.6. The van der Waals surface area contributed by atoms with Crippen LogP contribution in [0.5, 0.6) is 0 Å². The number of fused-ring (bicyclic) bond motifs is 1.